The van der Waals surface area contributed by atoms with Gasteiger partial charge >= 0.3 is 0 Å². The topological polar surface area (TPSA) is 95.1 Å². The molecule has 1 amide bonds. The van der Waals surface area contributed by atoms with Crippen LogP contribution in [0.3, 0.4) is 0 Å². The molecule has 0 aliphatic carbocycles. The van der Waals surface area contributed by atoms with Crippen LogP contribution in [0.15, 0.2) is 59.0 Å². The minimum atomic E-state index is -0.360. The van der Waals surface area contributed by atoms with E-state index in [0.717, 1.165) is 38.0 Å². The van der Waals surface area contributed by atoms with Crippen LogP contribution in [0, 0.1) is 10.1 Å². The van der Waals surface area contributed by atoms with Crippen LogP contribution in [0.25, 0.3) is 17.4 Å². The van der Waals surface area contributed by atoms with Crippen LogP contribution in [0.1, 0.15) is 25.0 Å². The summed E-state index contributed by atoms with van der Waals surface area (Å²) in [7, 11) is 0. The van der Waals surface area contributed by atoms with Crippen molar-refractivity contribution in [1.82, 2.24) is 10.2 Å². The van der Waals surface area contributed by atoms with Gasteiger partial charge in [0.25, 0.3) is 5.69 Å². The Morgan fingerprint density at radius 1 is 0.951 bits per heavy atom. The smallest absolute Gasteiger partial charge is 0.292 e. The fraction of sp³-hybridized carbons (Fsp3) is 0.310. The van der Waals surface area contributed by atoms with Crippen molar-refractivity contribution < 1.29 is 14.1 Å². The van der Waals surface area contributed by atoms with Crippen molar-refractivity contribution in [1.29, 1.82) is 0 Å². The van der Waals surface area contributed by atoms with Crippen LogP contribution in [0.4, 0.5) is 17.1 Å². The molecule has 3 aromatic rings. The second-order valence-electron chi connectivity index (χ2n) is 9.91. The summed E-state index contributed by atoms with van der Waals surface area (Å²) >= 11 is 17.7. The third kappa shape index (κ3) is 7.01. The normalized spacial score (nSPS) is 15.8. The average molecular weight is 615 g/mol. The lowest BCUT2D eigenvalue weighted by atomic mass is 10.1. The molecule has 0 radical (unpaired) electrons. The van der Waals surface area contributed by atoms with Gasteiger partial charge < -0.3 is 19.1 Å². The number of nitro groups is 1. The van der Waals surface area contributed by atoms with Crippen LogP contribution in [0.5, 0.6) is 0 Å². The molecule has 1 N–H and O–H groups in total. The summed E-state index contributed by atoms with van der Waals surface area (Å²) in [5, 5.41) is 15.8. The van der Waals surface area contributed by atoms with Crippen molar-refractivity contribution in [3.8, 4) is 11.3 Å². The number of amides is 1. The molecule has 0 unspecified atom stereocenters. The number of carbonyl (C=O) groups excluding carboxylic acids is 1. The molecule has 1 aromatic heterocycles. The predicted octanol–water partition coefficient (Wildman–Crippen LogP) is 6.39. The van der Waals surface area contributed by atoms with Gasteiger partial charge in [0.15, 0.2) is 5.11 Å². The van der Waals surface area contributed by atoms with Gasteiger partial charge in [-0.3, -0.25) is 20.2 Å². The molecule has 12 heteroatoms. The van der Waals surface area contributed by atoms with Gasteiger partial charge in [-0.2, -0.15) is 0 Å². The molecule has 2 aliphatic heterocycles. The Bertz CT molecular complexity index is 1480. The van der Waals surface area contributed by atoms with Crippen molar-refractivity contribution in [2.24, 2.45) is 0 Å². The monoisotopic (exact) mass is 613 g/mol. The standard InChI is InChI=1S/C29H29Cl2N5O4S/c30-20-4-8-23(24(31)18-20)27-10-6-22(40-27)7-11-28(37)32-29(41)35-16-14-33(15-17-35)21-5-9-25(36(38)39)26(19-21)34-12-2-1-3-13-34/h4-11,18-19H,1-3,12-17H2,(H,32,37,41). The maximum atomic E-state index is 12.5. The van der Waals surface area contributed by atoms with Crippen molar-refractivity contribution in [3.05, 3.63) is 80.5 Å². The first kappa shape index (κ1) is 28.9. The molecule has 3 heterocycles. The SMILES string of the molecule is O=C(C=Cc1ccc(-c2ccc(Cl)cc2Cl)o1)NC(=S)N1CCN(c2ccc([N+](=O)[O-])c(N3CCCCC3)c2)CC1. The number of nitro benzene ring substituents is 1. The van der Waals surface area contributed by atoms with E-state index >= 15 is 0 Å². The zero-order valence-electron chi connectivity index (χ0n) is 22.2. The average Bonchev–Trinajstić information content (AvgIpc) is 3.45. The van der Waals surface area contributed by atoms with Crippen LogP contribution in [-0.2, 0) is 4.79 Å². The largest absolute Gasteiger partial charge is 0.457 e. The molecule has 9 nitrogen and oxygen atoms in total. The molecule has 41 heavy (non-hydrogen) atoms. The minimum Gasteiger partial charge on any atom is -0.457 e. The van der Waals surface area contributed by atoms with Gasteiger partial charge in [-0.1, -0.05) is 23.2 Å². The molecular formula is C29H29Cl2N5O4S. The van der Waals surface area contributed by atoms with Gasteiger partial charge in [-0.25, -0.2) is 0 Å². The van der Waals surface area contributed by atoms with Gasteiger partial charge in [-0.05, 0) is 80.0 Å². The Balaban J connectivity index is 1.15. The van der Waals surface area contributed by atoms with E-state index in [4.69, 9.17) is 39.8 Å². The number of thiocarbonyl (C=S) groups is 1. The van der Waals surface area contributed by atoms with Gasteiger partial charge in [0.2, 0.25) is 5.91 Å². The Kier molecular flexibility index (Phi) is 9.12. The maximum absolute atomic E-state index is 12.5. The number of benzene rings is 2. The summed E-state index contributed by atoms with van der Waals surface area (Å²) in [6, 6.07) is 14.0. The molecule has 0 spiro atoms. The number of anilines is 2. The first-order valence-corrected chi connectivity index (χ1v) is 14.6. The summed E-state index contributed by atoms with van der Waals surface area (Å²) in [5.41, 5.74) is 2.48. The summed E-state index contributed by atoms with van der Waals surface area (Å²) in [6.07, 6.45) is 6.17. The number of furan rings is 1. The summed E-state index contributed by atoms with van der Waals surface area (Å²) < 4.78 is 5.80. The van der Waals surface area contributed by atoms with Gasteiger partial charge in [0.05, 0.1) is 9.95 Å². The minimum absolute atomic E-state index is 0.144. The lowest BCUT2D eigenvalue weighted by Crippen LogP contribution is -2.52. The molecular weight excluding hydrogens is 585 g/mol. The molecule has 2 saturated heterocycles. The second kappa shape index (κ2) is 12.9. The van der Waals surface area contributed by atoms with E-state index in [-0.39, 0.29) is 16.5 Å². The van der Waals surface area contributed by atoms with E-state index in [9.17, 15) is 14.9 Å². The molecule has 0 atom stereocenters. The van der Waals surface area contributed by atoms with Crippen LogP contribution in [0.2, 0.25) is 10.0 Å². The number of piperidine rings is 1. The van der Waals surface area contributed by atoms with Gasteiger partial charge in [0.1, 0.15) is 17.2 Å². The molecule has 5 rings (SSSR count). The summed E-state index contributed by atoms with van der Waals surface area (Å²) in [6.45, 7) is 4.23. The van der Waals surface area contributed by atoms with Crippen molar-refractivity contribution >= 4 is 69.6 Å². The van der Waals surface area contributed by atoms with Crippen molar-refractivity contribution in [2.75, 3.05) is 49.1 Å². The number of halogens is 2. The van der Waals surface area contributed by atoms with Crippen molar-refractivity contribution in [3.63, 3.8) is 0 Å². The first-order chi connectivity index (χ1) is 19.8. The summed E-state index contributed by atoms with van der Waals surface area (Å²) in [5.74, 6) is 0.699. The fourth-order valence-corrected chi connectivity index (χ4v) is 5.86. The van der Waals surface area contributed by atoms with E-state index in [1.807, 2.05) is 17.0 Å². The third-order valence-electron chi connectivity index (χ3n) is 7.24. The van der Waals surface area contributed by atoms with E-state index in [2.05, 4.69) is 15.1 Å². The van der Waals surface area contributed by atoms with Crippen LogP contribution >= 0.6 is 35.4 Å². The Hall–Kier alpha value is -3.60. The number of hydrogen-bond acceptors (Lipinski definition) is 7. The highest BCUT2D eigenvalue weighted by molar-refractivity contribution is 7.80. The fourth-order valence-electron chi connectivity index (χ4n) is 5.08. The number of carbonyl (C=O) groups is 1. The van der Waals surface area contributed by atoms with Gasteiger partial charge in [0, 0.05) is 67.7 Å². The first-order valence-electron chi connectivity index (χ1n) is 13.4. The Labute approximate surface area is 253 Å². The highest BCUT2D eigenvalue weighted by Crippen LogP contribution is 2.35. The van der Waals surface area contributed by atoms with E-state index < -0.39 is 0 Å². The number of hydrogen-bond donors (Lipinski definition) is 1. The maximum Gasteiger partial charge on any atom is 0.292 e. The van der Waals surface area contributed by atoms with E-state index in [1.165, 1.54) is 6.08 Å². The molecule has 2 fully saturated rings. The lowest BCUT2D eigenvalue weighted by molar-refractivity contribution is -0.384. The predicted molar refractivity (Wildman–Crippen MR) is 167 cm³/mol. The van der Waals surface area contributed by atoms with Crippen molar-refractivity contribution in [2.45, 2.75) is 19.3 Å². The number of rotatable bonds is 6. The van der Waals surface area contributed by atoms with Gasteiger partial charge in [-0.15, -0.1) is 0 Å². The highest BCUT2D eigenvalue weighted by Gasteiger charge is 2.25. The molecule has 214 valence electrons. The summed E-state index contributed by atoms with van der Waals surface area (Å²) in [4.78, 5) is 30.2. The number of nitrogens with zero attached hydrogens (tertiary/aromatic N) is 4. The molecule has 2 aliphatic rings. The van der Waals surface area contributed by atoms with E-state index in [1.54, 1.807) is 42.5 Å². The zero-order chi connectivity index (χ0) is 28.9. The second-order valence-corrected chi connectivity index (χ2v) is 11.1. The third-order valence-corrected chi connectivity index (χ3v) is 8.15. The quantitative estimate of drug-likeness (QED) is 0.148. The zero-order valence-corrected chi connectivity index (χ0v) is 24.6. The number of nitrogens with one attached hydrogen (secondary N) is 1. The highest BCUT2D eigenvalue weighted by atomic mass is 35.5. The van der Waals surface area contributed by atoms with E-state index in [0.29, 0.717) is 64.1 Å². The molecule has 0 bridgehead atoms. The van der Waals surface area contributed by atoms with Crippen LogP contribution < -0.4 is 15.1 Å². The Morgan fingerprint density at radius 3 is 2.41 bits per heavy atom. The number of piperazine rings is 1. The lowest BCUT2D eigenvalue weighted by Gasteiger charge is -2.37. The molecule has 0 saturated carbocycles. The van der Waals surface area contributed by atoms with Crippen LogP contribution in [-0.4, -0.2) is 60.1 Å². The molecule has 2 aromatic carbocycles. The Morgan fingerprint density at radius 2 is 1.71 bits per heavy atom.